The molecule has 0 atom stereocenters. The van der Waals surface area contributed by atoms with Crippen molar-refractivity contribution >= 4 is 17.8 Å². The zero-order valence-corrected chi connectivity index (χ0v) is 13.0. The standard InChI is InChI=1S/C15H14N4O6/c1-25-13-5-9(4-12(14(13)21)19(23)24)6-17-18-15(22)10-2-3-11(8-20)16-7-10/h2-7,20-21H,8H2,1H3,(H,18,22)/b17-6+. The van der Waals surface area contributed by atoms with Crippen molar-refractivity contribution in [3.8, 4) is 11.5 Å². The number of aliphatic hydroxyl groups is 1. The van der Waals surface area contributed by atoms with Crippen molar-refractivity contribution in [3.63, 3.8) is 0 Å². The second-order valence-corrected chi connectivity index (χ2v) is 4.74. The van der Waals surface area contributed by atoms with Gasteiger partial charge in [-0.05, 0) is 18.2 Å². The molecule has 2 aromatic rings. The molecule has 0 unspecified atom stereocenters. The van der Waals surface area contributed by atoms with E-state index in [1.165, 1.54) is 37.7 Å². The topological polar surface area (TPSA) is 147 Å². The van der Waals surface area contributed by atoms with Gasteiger partial charge in [0.1, 0.15) is 0 Å². The van der Waals surface area contributed by atoms with Crippen LogP contribution in [0.3, 0.4) is 0 Å². The number of phenols is 1. The first-order chi connectivity index (χ1) is 12.0. The van der Waals surface area contributed by atoms with Gasteiger partial charge in [-0.3, -0.25) is 19.9 Å². The average molecular weight is 346 g/mol. The Hall–Kier alpha value is -3.53. The summed E-state index contributed by atoms with van der Waals surface area (Å²) in [5.74, 6) is -1.23. The smallest absolute Gasteiger partial charge is 0.315 e. The fraction of sp³-hybridized carbons (Fsp3) is 0.133. The number of methoxy groups -OCH3 is 1. The number of benzene rings is 1. The number of hydrazone groups is 1. The van der Waals surface area contributed by atoms with E-state index in [1.54, 1.807) is 0 Å². The van der Waals surface area contributed by atoms with Crippen molar-refractivity contribution < 1.29 is 24.7 Å². The third kappa shape index (κ3) is 4.26. The summed E-state index contributed by atoms with van der Waals surface area (Å²) in [5.41, 5.74) is 2.59. The van der Waals surface area contributed by atoms with Crippen LogP contribution in [0.1, 0.15) is 21.6 Å². The van der Waals surface area contributed by atoms with E-state index in [0.717, 1.165) is 6.07 Å². The van der Waals surface area contributed by atoms with Gasteiger partial charge in [-0.25, -0.2) is 5.43 Å². The van der Waals surface area contributed by atoms with Crippen LogP contribution < -0.4 is 10.2 Å². The number of carbonyl (C=O) groups is 1. The highest BCUT2D eigenvalue weighted by molar-refractivity contribution is 5.94. The summed E-state index contributed by atoms with van der Waals surface area (Å²) in [7, 11) is 1.25. The average Bonchev–Trinajstić information content (AvgIpc) is 2.62. The number of rotatable bonds is 6. The monoisotopic (exact) mass is 346 g/mol. The molecule has 1 aromatic heterocycles. The number of phenolic OH excluding ortho intramolecular Hbond substituents is 1. The van der Waals surface area contributed by atoms with E-state index in [4.69, 9.17) is 9.84 Å². The number of nitrogens with zero attached hydrogens (tertiary/aromatic N) is 3. The molecule has 0 radical (unpaired) electrons. The van der Waals surface area contributed by atoms with Crippen molar-refractivity contribution in [3.05, 3.63) is 57.4 Å². The normalized spacial score (nSPS) is 10.6. The van der Waals surface area contributed by atoms with Crippen LogP contribution in [0.2, 0.25) is 0 Å². The predicted octanol–water partition coefficient (Wildman–Crippen LogP) is 0.960. The molecule has 0 spiro atoms. The van der Waals surface area contributed by atoms with Gasteiger partial charge in [-0.2, -0.15) is 5.10 Å². The van der Waals surface area contributed by atoms with Crippen LogP contribution in [0.15, 0.2) is 35.6 Å². The third-order valence-electron chi connectivity index (χ3n) is 3.12. The number of amides is 1. The molecule has 0 aliphatic carbocycles. The van der Waals surface area contributed by atoms with Gasteiger partial charge in [0, 0.05) is 17.8 Å². The van der Waals surface area contributed by atoms with E-state index in [-0.39, 0.29) is 23.5 Å². The van der Waals surface area contributed by atoms with Crippen molar-refractivity contribution in [2.24, 2.45) is 5.10 Å². The first kappa shape index (κ1) is 17.8. The summed E-state index contributed by atoms with van der Waals surface area (Å²) in [6.07, 6.45) is 2.45. The van der Waals surface area contributed by atoms with Crippen LogP contribution in [-0.2, 0) is 6.61 Å². The molecule has 3 N–H and O–H groups in total. The zero-order valence-electron chi connectivity index (χ0n) is 13.0. The lowest BCUT2D eigenvalue weighted by Gasteiger charge is -2.05. The van der Waals surface area contributed by atoms with Crippen LogP contribution in [0.5, 0.6) is 11.5 Å². The van der Waals surface area contributed by atoms with E-state index in [1.807, 2.05) is 0 Å². The minimum absolute atomic E-state index is 0.0919. The van der Waals surface area contributed by atoms with E-state index in [0.29, 0.717) is 5.69 Å². The molecule has 10 heteroatoms. The summed E-state index contributed by atoms with van der Waals surface area (Å²) in [4.78, 5) is 25.9. The number of nitro groups is 1. The number of aromatic hydroxyl groups is 1. The van der Waals surface area contributed by atoms with Crippen molar-refractivity contribution in [2.75, 3.05) is 7.11 Å². The highest BCUT2D eigenvalue weighted by atomic mass is 16.6. The molecule has 25 heavy (non-hydrogen) atoms. The van der Waals surface area contributed by atoms with Crippen LogP contribution in [0.4, 0.5) is 5.69 Å². The number of nitro benzene ring substituents is 1. The van der Waals surface area contributed by atoms with Gasteiger partial charge in [-0.1, -0.05) is 0 Å². The Morgan fingerprint density at radius 3 is 2.80 bits per heavy atom. The lowest BCUT2D eigenvalue weighted by molar-refractivity contribution is -0.386. The quantitative estimate of drug-likeness (QED) is 0.401. The Morgan fingerprint density at radius 2 is 2.24 bits per heavy atom. The Labute approximate surface area is 141 Å². The number of carbonyl (C=O) groups excluding carboxylic acids is 1. The molecule has 0 fully saturated rings. The molecule has 0 bridgehead atoms. The van der Waals surface area contributed by atoms with E-state index < -0.39 is 22.3 Å². The molecule has 1 heterocycles. The first-order valence-corrected chi connectivity index (χ1v) is 6.90. The highest BCUT2D eigenvalue weighted by Gasteiger charge is 2.19. The highest BCUT2D eigenvalue weighted by Crippen LogP contribution is 2.36. The Bertz CT molecular complexity index is 820. The number of ether oxygens (including phenoxy) is 1. The molecule has 10 nitrogen and oxygen atoms in total. The molecule has 0 saturated heterocycles. The van der Waals surface area contributed by atoms with Gasteiger partial charge in [-0.15, -0.1) is 0 Å². The minimum atomic E-state index is -0.762. The van der Waals surface area contributed by atoms with Gasteiger partial charge >= 0.3 is 5.69 Å². The maximum absolute atomic E-state index is 11.9. The summed E-state index contributed by atoms with van der Waals surface area (Å²) < 4.78 is 4.86. The minimum Gasteiger partial charge on any atom is -0.500 e. The van der Waals surface area contributed by atoms with Gasteiger partial charge in [0.25, 0.3) is 5.91 Å². The Kier molecular flexibility index (Phi) is 5.58. The Morgan fingerprint density at radius 1 is 1.48 bits per heavy atom. The molecule has 130 valence electrons. The van der Waals surface area contributed by atoms with Gasteiger partial charge in [0.05, 0.1) is 36.1 Å². The molecular weight excluding hydrogens is 332 g/mol. The summed E-state index contributed by atoms with van der Waals surface area (Å²) in [6, 6.07) is 5.38. The molecule has 0 aliphatic heterocycles. The van der Waals surface area contributed by atoms with Crippen LogP contribution >= 0.6 is 0 Å². The van der Waals surface area contributed by atoms with E-state index >= 15 is 0 Å². The number of nitrogens with one attached hydrogen (secondary N) is 1. The van der Waals surface area contributed by atoms with Crippen molar-refractivity contribution in [1.82, 2.24) is 10.4 Å². The van der Waals surface area contributed by atoms with E-state index in [9.17, 15) is 20.0 Å². The number of hydrogen-bond donors (Lipinski definition) is 3. The fourth-order valence-corrected chi connectivity index (χ4v) is 1.87. The molecule has 1 aromatic carbocycles. The largest absolute Gasteiger partial charge is 0.500 e. The van der Waals surface area contributed by atoms with Crippen LogP contribution in [0.25, 0.3) is 0 Å². The van der Waals surface area contributed by atoms with Crippen molar-refractivity contribution in [1.29, 1.82) is 0 Å². The second-order valence-electron chi connectivity index (χ2n) is 4.74. The molecule has 0 saturated carbocycles. The molecule has 2 rings (SSSR count). The molecule has 1 amide bonds. The summed E-state index contributed by atoms with van der Waals surface area (Å²) in [5, 5.41) is 33.2. The summed E-state index contributed by atoms with van der Waals surface area (Å²) >= 11 is 0. The lowest BCUT2D eigenvalue weighted by Crippen LogP contribution is -2.18. The van der Waals surface area contributed by atoms with Gasteiger partial charge in [0.15, 0.2) is 5.75 Å². The predicted molar refractivity (Wildman–Crippen MR) is 86.5 cm³/mol. The van der Waals surface area contributed by atoms with Gasteiger partial charge in [0.2, 0.25) is 5.75 Å². The zero-order chi connectivity index (χ0) is 18.4. The van der Waals surface area contributed by atoms with Crippen LogP contribution in [-0.4, -0.2) is 39.4 Å². The summed E-state index contributed by atoms with van der Waals surface area (Å²) in [6.45, 7) is -0.235. The van der Waals surface area contributed by atoms with Gasteiger partial charge < -0.3 is 14.9 Å². The van der Waals surface area contributed by atoms with Crippen LogP contribution in [0, 0.1) is 10.1 Å². The lowest BCUT2D eigenvalue weighted by atomic mass is 10.2. The molecular formula is C15H14N4O6. The first-order valence-electron chi connectivity index (χ1n) is 6.90. The number of aromatic nitrogens is 1. The second kappa shape index (κ2) is 7.84. The fourth-order valence-electron chi connectivity index (χ4n) is 1.87. The number of aliphatic hydroxyl groups excluding tert-OH is 1. The Balaban J connectivity index is 2.14. The maximum atomic E-state index is 11.9. The maximum Gasteiger partial charge on any atom is 0.315 e. The molecule has 0 aliphatic rings. The number of pyridine rings is 1. The SMILES string of the molecule is COc1cc(/C=N/NC(=O)c2ccc(CO)nc2)cc([N+](=O)[O-])c1O. The third-order valence-corrected chi connectivity index (χ3v) is 3.12. The van der Waals surface area contributed by atoms with Crippen molar-refractivity contribution in [2.45, 2.75) is 6.61 Å². The van der Waals surface area contributed by atoms with E-state index in [2.05, 4.69) is 15.5 Å². The number of hydrogen-bond acceptors (Lipinski definition) is 8.